The molecule has 2 N–H and O–H groups in total. The summed E-state index contributed by atoms with van der Waals surface area (Å²) in [5.74, 6) is 0.0359. The second-order valence-electron chi connectivity index (χ2n) is 4.69. The van der Waals surface area contributed by atoms with Crippen molar-refractivity contribution in [3.63, 3.8) is 0 Å². The van der Waals surface area contributed by atoms with Gasteiger partial charge in [0.25, 0.3) is 0 Å². The lowest BCUT2D eigenvalue weighted by Crippen LogP contribution is -2.17. The van der Waals surface area contributed by atoms with Crippen LogP contribution in [0.5, 0.6) is 5.75 Å². The third-order valence-electron chi connectivity index (χ3n) is 3.13. The zero-order chi connectivity index (χ0) is 15.7. The third kappa shape index (κ3) is 2.95. The van der Waals surface area contributed by atoms with Crippen LogP contribution in [0.4, 0.5) is 19.0 Å². The summed E-state index contributed by atoms with van der Waals surface area (Å²) in [5.41, 5.74) is 6.90. The van der Waals surface area contributed by atoms with Crippen molar-refractivity contribution in [3.8, 4) is 17.0 Å². The van der Waals surface area contributed by atoms with Crippen LogP contribution >= 0.6 is 0 Å². The predicted octanol–water partition coefficient (Wildman–Crippen LogP) is 4.38. The molecule has 22 heavy (non-hydrogen) atoms. The molecule has 0 atom stereocenters. The number of ether oxygens (including phenoxy) is 1. The summed E-state index contributed by atoms with van der Waals surface area (Å²) in [6.07, 6.45) is -4.73. The molecule has 1 aromatic heterocycles. The number of halogens is 3. The number of fused-ring (bicyclic) bond motifs is 1. The zero-order valence-corrected chi connectivity index (χ0v) is 11.3. The Bertz CT molecular complexity index is 831. The Morgan fingerprint density at radius 1 is 0.955 bits per heavy atom. The lowest BCUT2D eigenvalue weighted by molar-refractivity contribution is -0.274. The van der Waals surface area contributed by atoms with E-state index in [9.17, 15) is 13.2 Å². The van der Waals surface area contributed by atoms with Crippen molar-refractivity contribution in [3.05, 3.63) is 54.6 Å². The number of nitrogen functional groups attached to an aromatic ring is 1. The van der Waals surface area contributed by atoms with E-state index in [-0.39, 0.29) is 5.75 Å². The first kappa shape index (κ1) is 14.2. The van der Waals surface area contributed by atoms with Gasteiger partial charge in [0.2, 0.25) is 0 Å². The fraction of sp³-hybridized carbons (Fsp3) is 0.0625. The summed E-state index contributed by atoms with van der Waals surface area (Å²) in [7, 11) is 0. The van der Waals surface area contributed by atoms with Gasteiger partial charge in [-0.1, -0.05) is 36.4 Å². The third-order valence-corrected chi connectivity index (χ3v) is 3.13. The van der Waals surface area contributed by atoms with E-state index in [4.69, 9.17) is 5.73 Å². The van der Waals surface area contributed by atoms with Crippen LogP contribution in [0.2, 0.25) is 0 Å². The van der Waals surface area contributed by atoms with E-state index in [2.05, 4.69) is 9.72 Å². The molecule has 0 aliphatic heterocycles. The normalized spacial score (nSPS) is 11.6. The van der Waals surface area contributed by atoms with Gasteiger partial charge in [-0.15, -0.1) is 13.2 Å². The number of hydrogen-bond donors (Lipinski definition) is 1. The number of rotatable bonds is 2. The number of hydrogen-bond acceptors (Lipinski definition) is 3. The summed E-state index contributed by atoms with van der Waals surface area (Å²) in [6, 6.07) is 14.8. The maximum absolute atomic E-state index is 12.3. The van der Waals surface area contributed by atoms with Gasteiger partial charge in [-0.25, -0.2) is 4.98 Å². The number of alkyl halides is 3. The van der Waals surface area contributed by atoms with E-state index in [0.717, 1.165) is 10.8 Å². The topological polar surface area (TPSA) is 48.1 Å². The molecule has 1 heterocycles. The number of anilines is 1. The molecule has 0 fully saturated rings. The second kappa shape index (κ2) is 5.22. The fourth-order valence-electron chi connectivity index (χ4n) is 2.23. The lowest BCUT2D eigenvalue weighted by Gasteiger charge is -2.11. The Morgan fingerprint density at radius 3 is 2.50 bits per heavy atom. The van der Waals surface area contributed by atoms with E-state index >= 15 is 0 Å². The highest BCUT2D eigenvalue weighted by Gasteiger charge is 2.31. The highest BCUT2D eigenvalue weighted by molar-refractivity contribution is 5.93. The molecule has 0 aliphatic carbocycles. The number of nitrogens with zero attached hydrogens (tertiary/aromatic N) is 1. The minimum absolute atomic E-state index is 0.293. The Kier molecular flexibility index (Phi) is 3.36. The van der Waals surface area contributed by atoms with E-state index in [1.54, 1.807) is 12.1 Å². The molecule has 0 radical (unpaired) electrons. The van der Waals surface area contributed by atoms with Crippen LogP contribution in [0.1, 0.15) is 0 Å². The maximum Gasteiger partial charge on any atom is 0.573 e. The van der Waals surface area contributed by atoms with Gasteiger partial charge in [-0.05, 0) is 23.6 Å². The van der Waals surface area contributed by atoms with E-state index in [1.807, 2.05) is 24.3 Å². The molecular weight excluding hydrogens is 293 g/mol. The van der Waals surface area contributed by atoms with Crippen LogP contribution in [-0.2, 0) is 0 Å². The lowest BCUT2D eigenvalue weighted by atomic mass is 10.1. The summed E-state index contributed by atoms with van der Waals surface area (Å²) < 4.78 is 40.8. The minimum atomic E-state index is -4.73. The minimum Gasteiger partial charge on any atom is -0.406 e. The zero-order valence-electron chi connectivity index (χ0n) is 11.3. The molecule has 0 amide bonds. The Morgan fingerprint density at radius 2 is 1.73 bits per heavy atom. The Balaban J connectivity index is 2.06. The van der Waals surface area contributed by atoms with Gasteiger partial charge in [0.1, 0.15) is 11.6 Å². The van der Waals surface area contributed by atoms with Gasteiger partial charge < -0.3 is 10.5 Å². The van der Waals surface area contributed by atoms with Gasteiger partial charge >= 0.3 is 6.36 Å². The van der Waals surface area contributed by atoms with Crippen molar-refractivity contribution in [2.45, 2.75) is 6.36 Å². The van der Waals surface area contributed by atoms with Gasteiger partial charge in [0, 0.05) is 10.9 Å². The molecule has 0 saturated heterocycles. The Labute approximate surface area is 124 Å². The number of aromatic nitrogens is 1. The highest BCUT2D eigenvalue weighted by atomic mass is 19.4. The van der Waals surface area contributed by atoms with Crippen LogP contribution < -0.4 is 10.5 Å². The largest absolute Gasteiger partial charge is 0.573 e. The van der Waals surface area contributed by atoms with Gasteiger partial charge in [-0.3, -0.25) is 0 Å². The molecule has 3 rings (SSSR count). The molecule has 0 unspecified atom stereocenters. The monoisotopic (exact) mass is 304 g/mol. The van der Waals surface area contributed by atoms with Crippen LogP contribution in [0.15, 0.2) is 54.6 Å². The van der Waals surface area contributed by atoms with Crippen molar-refractivity contribution in [2.75, 3.05) is 5.73 Å². The van der Waals surface area contributed by atoms with E-state index in [0.29, 0.717) is 17.1 Å². The van der Waals surface area contributed by atoms with Crippen LogP contribution in [0, 0.1) is 0 Å². The molecule has 3 aromatic rings. The fourth-order valence-corrected chi connectivity index (χ4v) is 2.23. The van der Waals surface area contributed by atoms with E-state index in [1.165, 1.54) is 18.2 Å². The molecule has 0 saturated carbocycles. The molecule has 2 aromatic carbocycles. The van der Waals surface area contributed by atoms with Gasteiger partial charge in [0.05, 0.1) is 5.69 Å². The van der Waals surface area contributed by atoms with Crippen LogP contribution in [-0.4, -0.2) is 11.3 Å². The van der Waals surface area contributed by atoms with Crippen molar-refractivity contribution in [1.29, 1.82) is 0 Å². The molecule has 0 bridgehead atoms. The molecule has 112 valence electrons. The maximum atomic E-state index is 12.3. The van der Waals surface area contributed by atoms with Gasteiger partial charge in [0.15, 0.2) is 0 Å². The summed E-state index contributed by atoms with van der Waals surface area (Å²) in [6.45, 7) is 0. The summed E-state index contributed by atoms with van der Waals surface area (Å²) in [4.78, 5) is 4.25. The molecule has 0 spiro atoms. The first-order valence-electron chi connectivity index (χ1n) is 6.44. The number of nitrogens with two attached hydrogens (primary N) is 1. The van der Waals surface area contributed by atoms with E-state index < -0.39 is 6.36 Å². The quantitative estimate of drug-likeness (QED) is 0.764. The molecule has 6 heteroatoms. The predicted molar refractivity (Wildman–Crippen MR) is 78.3 cm³/mol. The van der Waals surface area contributed by atoms with Crippen LogP contribution in [0.25, 0.3) is 22.0 Å². The summed E-state index contributed by atoms with van der Waals surface area (Å²) in [5, 5.41) is 1.67. The number of benzene rings is 2. The molecule has 0 aliphatic rings. The average molecular weight is 304 g/mol. The SMILES string of the molecule is Nc1nc(-c2cccc(OC(F)(F)F)c2)cc2ccccc12. The molecular formula is C16H11F3N2O. The van der Waals surface area contributed by atoms with Crippen molar-refractivity contribution < 1.29 is 17.9 Å². The first-order valence-corrected chi connectivity index (χ1v) is 6.44. The van der Waals surface area contributed by atoms with Gasteiger partial charge in [-0.2, -0.15) is 0 Å². The Hall–Kier alpha value is -2.76. The first-order chi connectivity index (χ1) is 10.4. The highest BCUT2D eigenvalue weighted by Crippen LogP contribution is 2.30. The van der Waals surface area contributed by atoms with Crippen LogP contribution in [0.3, 0.4) is 0 Å². The van der Waals surface area contributed by atoms with Crippen molar-refractivity contribution in [1.82, 2.24) is 4.98 Å². The smallest absolute Gasteiger partial charge is 0.406 e. The van der Waals surface area contributed by atoms with Crippen molar-refractivity contribution >= 4 is 16.6 Å². The van der Waals surface area contributed by atoms with Crippen molar-refractivity contribution in [2.24, 2.45) is 0 Å². The molecule has 3 nitrogen and oxygen atoms in total. The average Bonchev–Trinajstić information content (AvgIpc) is 2.46. The second-order valence-corrected chi connectivity index (χ2v) is 4.69. The number of pyridine rings is 1. The summed E-state index contributed by atoms with van der Waals surface area (Å²) >= 11 is 0. The standard InChI is InChI=1S/C16H11F3N2O/c17-16(18,19)22-12-6-3-5-11(8-12)14-9-10-4-1-2-7-13(10)15(20)21-14/h1-9H,(H2,20,21).